The van der Waals surface area contributed by atoms with E-state index in [-0.39, 0.29) is 12.4 Å². The predicted molar refractivity (Wildman–Crippen MR) is 87.5 cm³/mol. The molecular formula is C16H22BrNO4. The van der Waals surface area contributed by atoms with Gasteiger partial charge in [-0.2, -0.15) is 0 Å². The smallest absolute Gasteiger partial charge is 0.408 e. The van der Waals surface area contributed by atoms with Crippen molar-refractivity contribution in [1.29, 1.82) is 0 Å². The number of ether oxygens (including phenoxy) is 2. The van der Waals surface area contributed by atoms with Crippen LogP contribution in [0.3, 0.4) is 0 Å². The van der Waals surface area contributed by atoms with E-state index in [0.29, 0.717) is 6.61 Å². The van der Waals surface area contributed by atoms with Gasteiger partial charge in [0.2, 0.25) is 0 Å². The van der Waals surface area contributed by atoms with Crippen molar-refractivity contribution in [3.05, 3.63) is 34.3 Å². The highest BCUT2D eigenvalue weighted by molar-refractivity contribution is 9.10. The van der Waals surface area contributed by atoms with Crippen LogP contribution in [0.5, 0.6) is 0 Å². The zero-order valence-corrected chi connectivity index (χ0v) is 14.9. The molecule has 1 aromatic carbocycles. The normalized spacial score (nSPS) is 12.4. The highest BCUT2D eigenvalue weighted by Crippen LogP contribution is 2.22. The molecule has 1 atom stereocenters. The van der Waals surface area contributed by atoms with Crippen molar-refractivity contribution in [1.82, 2.24) is 5.32 Å². The summed E-state index contributed by atoms with van der Waals surface area (Å²) in [6, 6.07) is 6.89. The van der Waals surface area contributed by atoms with Gasteiger partial charge in [-0.25, -0.2) is 4.79 Å². The van der Waals surface area contributed by atoms with Crippen molar-refractivity contribution in [2.24, 2.45) is 0 Å². The van der Waals surface area contributed by atoms with E-state index < -0.39 is 17.7 Å². The maximum absolute atomic E-state index is 12.0. The number of amides is 1. The van der Waals surface area contributed by atoms with E-state index in [9.17, 15) is 9.59 Å². The molecule has 1 amide bonds. The number of hydrogen-bond acceptors (Lipinski definition) is 4. The zero-order chi connectivity index (χ0) is 16.8. The Bertz CT molecular complexity index is 525. The molecule has 0 aliphatic heterocycles. The summed E-state index contributed by atoms with van der Waals surface area (Å²) in [5.41, 5.74) is 0.198. The number of hydrogen-bond donors (Lipinski definition) is 1. The fraction of sp³-hybridized carbons (Fsp3) is 0.500. The van der Waals surface area contributed by atoms with Gasteiger partial charge in [-0.3, -0.25) is 4.79 Å². The summed E-state index contributed by atoms with van der Waals surface area (Å²) < 4.78 is 11.1. The lowest BCUT2D eigenvalue weighted by Crippen LogP contribution is -2.36. The van der Waals surface area contributed by atoms with Gasteiger partial charge in [-0.1, -0.05) is 28.1 Å². The Labute approximate surface area is 139 Å². The van der Waals surface area contributed by atoms with Gasteiger partial charge in [0.1, 0.15) is 5.60 Å². The molecule has 122 valence electrons. The predicted octanol–water partition coefficient (Wildman–Crippen LogP) is 3.97. The van der Waals surface area contributed by atoms with Gasteiger partial charge in [-0.05, 0) is 45.4 Å². The first-order valence-corrected chi connectivity index (χ1v) is 7.91. The quantitative estimate of drug-likeness (QED) is 0.795. The molecule has 0 aliphatic rings. The Hall–Kier alpha value is -1.56. The van der Waals surface area contributed by atoms with Crippen LogP contribution in [0.4, 0.5) is 4.79 Å². The molecular weight excluding hydrogens is 350 g/mol. The summed E-state index contributed by atoms with van der Waals surface area (Å²) in [7, 11) is 0. The lowest BCUT2D eigenvalue weighted by atomic mass is 10.0. The molecule has 0 radical (unpaired) electrons. The van der Waals surface area contributed by atoms with E-state index >= 15 is 0 Å². The molecule has 6 heteroatoms. The second kappa shape index (κ2) is 8.17. The van der Waals surface area contributed by atoms with Gasteiger partial charge >= 0.3 is 12.1 Å². The largest absolute Gasteiger partial charge is 0.466 e. The average molecular weight is 372 g/mol. The molecule has 0 bridgehead atoms. The van der Waals surface area contributed by atoms with E-state index in [1.165, 1.54) is 0 Å². The minimum Gasteiger partial charge on any atom is -0.466 e. The van der Waals surface area contributed by atoms with Crippen LogP contribution in [0.2, 0.25) is 0 Å². The Kier molecular flexibility index (Phi) is 6.87. The lowest BCUT2D eigenvalue weighted by Gasteiger charge is -2.23. The van der Waals surface area contributed by atoms with Crippen LogP contribution in [0.1, 0.15) is 45.7 Å². The Morgan fingerprint density at radius 2 is 2.00 bits per heavy atom. The van der Waals surface area contributed by atoms with E-state index in [1.807, 2.05) is 24.3 Å². The zero-order valence-electron chi connectivity index (χ0n) is 13.3. The van der Waals surface area contributed by atoms with Gasteiger partial charge in [0.05, 0.1) is 19.1 Å². The maximum Gasteiger partial charge on any atom is 0.408 e. The number of esters is 1. The first kappa shape index (κ1) is 18.5. The molecule has 0 saturated heterocycles. The number of carbonyl (C=O) groups is 2. The fourth-order valence-electron chi connectivity index (χ4n) is 1.81. The number of benzene rings is 1. The van der Waals surface area contributed by atoms with Gasteiger partial charge in [0.25, 0.3) is 0 Å². The van der Waals surface area contributed by atoms with Crippen LogP contribution in [-0.4, -0.2) is 24.3 Å². The molecule has 0 aliphatic carbocycles. The van der Waals surface area contributed by atoms with Crippen molar-refractivity contribution < 1.29 is 19.1 Å². The van der Waals surface area contributed by atoms with Crippen LogP contribution < -0.4 is 5.32 Å². The molecule has 0 aromatic heterocycles. The Morgan fingerprint density at radius 1 is 1.32 bits per heavy atom. The number of halogens is 1. The second-order valence-electron chi connectivity index (χ2n) is 5.76. The molecule has 1 N–H and O–H groups in total. The number of nitrogens with one attached hydrogen (secondary N) is 1. The maximum atomic E-state index is 12.0. The van der Waals surface area contributed by atoms with E-state index in [4.69, 9.17) is 9.47 Å². The summed E-state index contributed by atoms with van der Waals surface area (Å²) >= 11 is 3.38. The molecule has 1 rings (SSSR count). The van der Waals surface area contributed by atoms with Crippen LogP contribution in [0.25, 0.3) is 0 Å². The van der Waals surface area contributed by atoms with Crippen LogP contribution in [0.15, 0.2) is 28.7 Å². The standard InChI is InChI=1S/C16H22BrNO4/c1-5-21-14(19)10-13(11-7-6-8-12(17)9-11)18-15(20)22-16(2,3)4/h6-9,13H,5,10H2,1-4H3,(H,18,20)/t13-/m1/s1. The molecule has 0 fully saturated rings. The van der Waals surface area contributed by atoms with Gasteiger partial charge in [-0.15, -0.1) is 0 Å². The first-order chi connectivity index (χ1) is 10.2. The van der Waals surface area contributed by atoms with Crippen molar-refractivity contribution >= 4 is 28.0 Å². The molecule has 0 spiro atoms. The fourth-order valence-corrected chi connectivity index (χ4v) is 2.23. The third-order valence-electron chi connectivity index (χ3n) is 2.62. The van der Waals surface area contributed by atoms with Gasteiger partial charge in [0, 0.05) is 4.47 Å². The summed E-state index contributed by atoms with van der Waals surface area (Å²) in [5, 5.41) is 2.72. The molecule has 0 heterocycles. The van der Waals surface area contributed by atoms with Crippen LogP contribution >= 0.6 is 15.9 Å². The molecule has 1 aromatic rings. The number of alkyl carbamates (subject to hydrolysis) is 1. The number of carbonyl (C=O) groups excluding carboxylic acids is 2. The van der Waals surface area contributed by atoms with E-state index in [0.717, 1.165) is 10.0 Å². The Morgan fingerprint density at radius 3 is 2.55 bits per heavy atom. The minimum atomic E-state index is -0.601. The van der Waals surface area contributed by atoms with Crippen molar-refractivity contribution in [3.63, 3.8) is 0 Å². The summed E-state index contributed by atoms with van der Waals surface area (Å²) in [6.07, 6.45) is -0.523. The third kappa shape index (κ3) is 6.93. The monoisotopic (exact) mass is 371 g/mol. The van der Waals surface area contributed by atoms with Crippen LogP contribution in [0, 0.1) is 0 Å². The topological polar surface area (TPSA) is 64.6 Å². The van der Waals surface area contributed by atoms with E-state index in [1.54, 1.807) is 27.7 Å². The third-order valence-corrected chi connectivity index (χ3v) is 3.11. The summed E-state index contributed by atoms with van der Waals surface area (Å²) in [5.74, 6) is -0.372. The second-order valence-corrected chi connectivity index (χ2v) is 6.68. The lowest BCUT2D eigenvalue weighted by molar-refractivity contribution is -0.143. The van der Waals surface area contributed by atoms with Crippen molar-refractivity contribution in [2.45, 2.75) is 45.8 Å². The number of rotatable bonds is 5. The molecule has 0 saturated carbocycles. The molecule has 22 heavy (non-hydrogen) atoms. The van der Waals surface area contributed by atoms with Gasteiger partial charge in [0.15, 0.2) is 0 Å². The van der Waals surface area contributed by atoms with Gasteiger partial charge < -0.3 is 14.8 Å². The van der Waals surface area contributed by atoms with Crippen LogP contribution in [-0.2, 0) is 14.3 Å². The summed E-state index contributed by atoms with van der Waals surface area (Å²) in [6.45, 7) is 7.40. The van der Waals surface area contributed by atoms with E-state index in [2.05, 4.69) is 21.2 Å². The molecule has 0 unspecified atom stereocenters. The SMILES string of the molecule is CCOC(=O)C[C@@H](NC(=O)OC(C)(C)C)c1cccc(Br)c1. The highest BCUT2D eigenvalue weighted by Gasteiger charge is 2.23. The summed E-state index contributed by atoms with van der Waals surface area (Å²) in [4.78, 5) is 23.7. The average Bonchev–Trinajstić information content (AvgIpc) is 2.36. The Balaban J connectivity index is 2.87. The molecule has 5 nitrogen and oxygen atoms in total. The first-order valence-electron chi connectivity index (χ1n) is 7.12. The van der Waals surface area contributed by atoms with Crippen molar-refractivity contribution in [2.75, 3.05) is 6.61 Å². The van der Waals surface area contributed by atoms with Crippen molar-refractivity contribution in [3.8, 4) is 0 Å². The highest BCUT2D eigenvalue weighted by atomic mass is 79.9. The minimum absolute atomic E-state index is 0.0452.